The molecule has 23 heavy (non-hydrogen) atoms. The zero-order valence-corrected chi connectivity index (χ0v) is 11.4. The van der Waals surface area contributed by atoms with Gasteiger partial charge in [-0.3, -0.25) is 0 Å². The maximum Gasteiger partial charge on any atom is 0.422 e. The Hall–Kier alpha value is -2.18. The van der Waals surface area contributed by atoms with Crippen molar-refractivity contribution in [2.45, 2.75) is 12.4 Å². The highest BCUT2D eigenvalue weighted by atomic mass is 32.1. The fraction of sp³-hybridized carbons (Fsp3) is 0.400. The van der Waals surface area contributed by atoms with Gasteiger partial charge in [0.2, 0.25) is 0 Å². The van der Waals surface area contributed by atoms with E-state index in [9.17, 15) is 35.9 Å². The molecule has 0 amide bonds. The van der Waals surface area contributed by atoms with Crippen LogP contribution in [0.5, 0.6) is 11.5 Å². The van der Waals surface area contributed by atoms with Crippen LogP contribution in [0, 0.1) is 0 Å². The van der Waals surface area contributed by atoms with Gasteiger partial charge in [0.05, 0.1) is 0 Å². The zero-order valence-electron chi connectivity index (χ0n) is 10.6. The van der Waals surface area contributed by atoms with E-state index < -0.39 is 58.8 Å². The van der Waals surface area contributed by atoms with Crippen molar-refractivity contribution < 1.29 is 55.6 Å². The first-order valence-electron chi connectivity index (χ1n) is 5.34. The van der Waals surface area contributed by atoms with Crippen molar-refractivity contribution in [3.63, 3.8) is 0 Å². The first-order chi connectivity index (χ1) is 10.3. The van der Waals surface area contributed by atoms with Crippen LogP contribution in [0.3, 0.4) is 0 Å². The average molecular weight is 368 g/mol. The maximum absolute atomic E-state index is 12.1. The standard InChI is InChI=1S/C10H6F6O6S/c11-9(12,13)1-21-3-4(22-2-10(14,15)16)6(8(19)20)23-5(3)7(17)18/h1-2H2,(H,17,18)(H,19,20). The lowest BCUT2D eigenvalue weighted by Gasteiger charge is -2.13. The number of aromatic carboxylic acids is 2. The molecule has 0 bridgehead atoms. The van der Waals surface area contributed by atoms with E-state index in [1.165, 1.54) is 0 Å². The lowest BCUT2D eigenvalue weighted by molar-refractivity contribution is -0.158. The number of hydrogen-bond acceptors (Lipinski definition) is 5. The number of rotatable bonds is 6. The number of carboxylic acids is 2. The molecule has 0 saturated heterocycles. The van der Waals surface area contributed by atoms with E-state index in [-0.39, 0.29) is 11.3 Å². The van der Waals surface area contributed by atoms with Crippen molar-refractivity contribution in [3.05, 3.63) is 9.75 Å². The highest BCUT2D eigenvalue weighted by Crippen LogP contribution is 2.43. The lowest BCUT2D eigenvalue weighted by Crippen LogP contribution is -2.22. The van der Waals surface area contributed by atoms with Crippen LogP contribution in [0.1, 0.15) is 19.3 Å². The predicted molar refractivity (Wildman–Crippen MR) is 61.3 cm³/mol. The van der Waals surface area contributed by atoms with E-state index in [0.717, 1.165) is 0 Å². The molecule has 130 valence electrons. The van der Waals surface area contributed by atoms with Crippen molar-refractivity contribution in [1.82, 2.24) is 0 Å². The summed E-state index contributed by atoms with van der Waals surface area (Å²) in [5, 5.41) is 17.6. The second-order valence-electron chi connectivity index (χ2n) is 3.84. The molecule has 0 saturated carbocycles. The molecule has 0 unspecified atom stereocenters. The highest BCUT2D eigenvalue weighted by molar-refractivity contribution is 7.16. The Kier molecular flexibility index (Phi) is 5.35. The molecule has 1 rings (SSSR count). The normalized spacial score (nSPS) is 12.1. The van der Waals surface area contributed by atoms with E-state index >= 15 is 0 Å². The quantitative estimate of drug-likeness (QED) is 0.750. The monoisotopic (exact) mass is 368 g/mol. The van der Waals surface area contributed by atoms with E-state index in [0.29, 0.717) is 0 Å². The second kappa shape index (κ2) is 6.52. The van der Waals surface area contributed by atoms with Gasteiger partial charge in [0.15, 0.2) is 34.5 Å². The van der Waals surface area contributed by atoms with Gasteiger partial charge in [-0.15, -0.1) is 11.3 Å². The Bertz CT molecular complexity index is 554. The molecular formula is C10H6F6O6S. The Morgan fingerprint density at radius 1 is 0.826 bits per heavy atom. The van der Waals surface area contributed by atoms with Gasteiger partial charge in [0, 0.05) is 0 Å². The van der Waals surface area contributed by atoms with Gasteiger partial charge in [-0.1, -0.05) is 0 Å². The van der Waals surface area contributed by atoms with Gasteiger partial charge in [0.25, 0.3) is 0 Å². The molecule has 1 heterocycles. The topological polar surface area (TPSA) is 93.1 Å². The molecule has 1 aromatic heterocycles. The summed E-state index contributed by atoms with van der Waals surface area (Å²) in [5.41, 5.74) is 0. The van der Waals surface area contributed by atoms with Gasteiger partial charge < -0.3 is 19.7 Å². The Labute approximate surface area is 126 Å². The summed E-state index contributed by atoms with van der Waals surface area (Å²) in [5.74, 6) is -6.20. The van der Waals surface area contributed by atoms with Crippen molar-refractivity contribution >= 4 is 23.3 Å². The fourth-order valence-corrected chi connectivity index (χ4v) is 2.12. The summed E-state index contributed by atoms with van der Waals surface area (Å²) < 4.78 is 81.1. The van der Waals surface area contributed by atoms with Crippen molar-refractivity contribution in [2.24, 2.45) is 0 Å². The minimum Gasteiger partial charge on any atom is -0.478 e. The smallest absolute Gasteiger partial charge is 0.422 e. The van der Waals surface area contributed by atoms with Crippen LogP contribution in [0.15, 0.2) is 0 Å². The zero-order chi connectivity index (χ0) is 18.0. The van der Waals surface area contributed by atoms with E-state index in [4.69, 9.17) is 10.2 Å². The number of alkyl halides is 6. The first kappa shape index (κ1) is 18.9. The molecule has 0 aliphatic rings. The van der Waals surface area contributed by atoms with Crippen LogP contribution in [0.2, 0.25) is 0 Å². The van der Waals surface area contributed by atoms with Gasteiger partial charge in [-0.05, 0) is 0 Å². The van der Waals surface area contributed by atoms with Crippen LogP contribution in [0.4, 0.5) is 26.3 Å². The molecule has 0 fully saturated rings. The minimum absolute atomic E-state index is 0.0803. The van der Waals surface area contributed by atoms with Crippen LogP contribution in [0.25, 0.3) is 0 Å². The number of carboxylic acid groups (broad SMARTS) is 2. The minimum atomic E-state index is -4.93. The van der Waals surface area contributed by atoms with Crippen LogP contribution >= 0.6 is 11.3 Å². The summed E-state index contributed by atoms with van der Waals surface area (Å²) in [6, 6.07) is 0. The number of ether oxygens (including phenoxy) is 2. The van der Waals surface area contributed by atoms with E-state index in [2.05, 4.69) is 9.47 Å². The molecule has 0 spiro atoms. The molecule has 0 atom stereocenters. The number of carbonyl (C=O) groups is 2. The third-order valence-corrected chi connectivity index (χ3v) is 3.10. The Balaban J connectivity index is 3.29. The lowest BCUT2D eigenvalue weighted by atomic mass is 10.3. The van der Waals surface area contributed by atoms with Crippen LogP contribution < -0.4 is 9.47 Å². The molecule has 1 aromatic rings. The highest BCUT2D eigenvalue weighted by Gasteiger charge is 2.36. The first-order valence-corrected chi connectivity index (χ1v) is 6.16. The average Bonchev–Trinajstić information content (AvgIpc) is 2.70. The molecule has 0 radical (unpaired) electrons. The van der Waals surface area contributed by atoms with Gasteiger partial charge in [0.1, 0.15) is 0 Å². The summed E-state index contributed by atoms with van der Waals surface area (Å²) >= 11 is -0.0803. The summed E-state index contributed by atoms with van der Waals surface area (Å²) in [6.45, 7) is -4.07. The van der Waals surface area contributed by atoms with Gasteiger partial charge in [-0.25, -0.2) is 9.59 Å². The van der Waals surface area contributed by atoms with Crippen LogP contribution in [-0.4, -0.2) is 47.7 Å². The number of halogens is 6. The third kappa shape index (κ3) is 5.50. The van der Waals surface area contributed by atoms with Crippen molar-refractivity contribution in [1.29, 1.82) is 0 Å². The van der Waals surface area contributed by atoms with Crippen molar-refractivity contribution in [3.8, 4) is 11.5 Å². The Morgan fingerprint density at radius 3 is 1.35 bits per heavy atom. The molecule has 0 aliphatic heterocycles. The number of thiophene rings is 1. The van der Waals surface area contributed by atoms with Gasteiger partial charge in [-0.2, -0.15) is 26.3 Å². The molecular weight excluding hydrogens is 362 g/mol. The largest absolute Gasteiger partial charge is 0.478 e. The summed E-state index contributed by atoms with van der Waals surface area (Å²) in [4.78, 5) is 19.8. The second-order valence-corrected chi connectivity index (χ2v) is 4.86. The van der Waals surface area contributed by atoms with Crippen molar-refractivity contribution in [2.75, 3.05) is 13.2 Å². The van der Waals surface area contributed by atoms with E-state index in [1.807, 2.05) is 0 Å². The molecule has 0 aliphatic carbocycles. The fourth-order valence-electron chi connectivity index (χ4n) is 1.25. The van der Waals surface area contributed by atoms with Crippen LogP contribution in [-0.2, 0) is 0 Å². The molecule has 2 N–H and O–H groups in total. The molecule has 6 nitrogen and oxygen atoms in total. The SMILES string of the molecule is O=C(O)c1sc(C(=O)O)c(OCC(F)(F)F)c1OCC(F)(F)F. The molecule has 13 heteroatoms. The number of hydrogen-bond donors (Lipinski definition) is 2. The molecule has 0 aromatic carbocycles. The summed E-state index contributed by atoms with van der Waals surface area (Å²) in [7, 11) is 0. The Morgan fingerprint density at radius 2 is 1.13 bits per heavy atom. The predicted octanol–water partition coefficient (Wildman–Crippen LogP) is 3.03. The third-order valence-electron chi connectivity index (χ3n) is 1.97. The maximum atomic E-state index is 12.1. The summed E-state index contributed by atoms with van der Waals surface area (Å²) in [6.07, 6.45) is -9.86. The van der Waals surface area contributed by atoms with E-state index in [1.54, 1.807) is 0 Å². The van der Waals surface area contributed by atoms with Gasteiger partial charge >= 0.3 is 24.3 Å².